The summed E-state index contributed by atoms with van der Waals surface area (Å²) in [7, 11) is 1.88. The second-order valence-electron chi connectivity index (χ2n) is 4.35. The minimum atomic E-state index is -0.293. The fourth-order valence-electron chi connectivity index (χ4n) is 1.86. The Labute approximate surface area is 117 Å². The maximum atomic E-state index is 13.2. The maximum Gasteiger partial charge on any atom is 0.141 e. The number of aromatic nitrogens is 1. The summed E-state index contributed by atoms with van der Waals surface area (Å²) in [5.74, 6) is 0.547. The predicted molar refractivity (Wildman–Crippen MR) is 77.9 cm³/mol. The zero-order chi connectivity index (χ0) is 13.7. The first kappa shape index (κ1) is 14.0. The summed E-state index contributed by atoms with van der Waals surface area (Å²) in [4.78, 5) is 5.16. The third kappa shape index (κ3) is 3.78. The molecule has 1 N–H and O–H groups in total. The van der Waals surface area contributed by atoms with Crippen LogP contribution >= 0.6 is 11.8 Å². The molecule has 0 saturated carbocycles. The zero-order valence-electron chi connectivity index (χ0n) is 11.1. The van der Waals surface area contributed by atoms with Crippen LogP contribution in [0, 0.1) is 12.7 Å². The Morgan fingerprint density at radius 2 is 2.11 bits per heavy atom. The number of halogens is 1. The van der Waals surface area contributed by atoms with Crippen LogP contribution in [-0.4, -0.2) is 17.8 Å². The summed E-state index contributed by atoms with van der Waals surface area (Å²) in [5, 5.41) is 3.21. The van der Waals surface area contributed by atoms with E-state index in [0.29, 0.717) is 0 Å². The Kier molecular flexibility index (Phi) is 4.93. The van der Waals surface area contributed by atoms with Crippen molar-refractivity contribution in [3.05, 3.63) is 59.7 Å². The van der Waals surface area contributed by atoms with Crippen LogP contribution in [0.3, 0.4) is 0 Å². The highest BCUT2D eigenvalue weighted by Gasteiger charge is 2.11. The molecule has 0 aliphatic rings. The Morgan fingerprint density at radius 3 is 2.79 bits per heavy atom. The molecule has 1 unspecified atom stereocenters. The lowest BCUT2D eigenvalue weighted by atomic mass is 10.1. The van der Waals surface area contributed by atoms with Crippen LogP contribution in [0.25, 0.3) is 0 Å². The van der Waals surface area contributed by atoms with E-state index in [4.69, 9.17) is 0 Å². The van der Waals surface area contributed by atoms with E-state index in [1.807, 2.05) is 19.2 Å². The van der Waals surface area contributed by atoms with E-state index < -0.39 is 0 Å². The Morgan fingerprint density at radius 1 is 1.32 bits per heavy atom. The van der Waals surface area contributed by atoms with E-state index in [2.05, 4.69) is 29.4 Å². The first-order chi connectivity index (χ1) is 9.20. The molecule has 100 valence electrons. The number of nitrogens with zero attached hydrogens (tertiary/aromatic N) is 1. The molecular formula is C15H17FN2S. The van der Waals surface area contributed by atoms with Crippen molar-refractivity contribution in [3.63, 3.8) is 0 Å². The van der Waals surface area contributed by atoms with Crippen molar-refractivity contribution in [2.24, 2.45) is 0 Å². The molecule has 4 heteroatoms. The van der Waals surface area contributed by atoms with Crippen LogP contribution in [0.15, 0.2) is 47.6 Å². The van der Waals surface area contributed by atoms with Crippen molar-refractivity contribution < 1.29 is 4.39 Å². The van der Waals surface area contributed by atoms with Gasteiger partial charge >= 0.3 is 0 Å². The SMILES string of the molecule is CNC(CSc1ccccc1C)c1cncc(F)c1. The van der Waals surface area contributed by atoms with Crippen molar-refractivity contribution in [3.8, 4) is 0 Å². The van der Waals surface area contributed by atoms with Crippen LogP contribution < -0.4 is 5.32 Å². The van der Waals surface area contributed by atoms with E-state index in [1.54, 1.807) is 18.0 Å². The Balaban J connectivity index is 2.06. The Hall–Kier alpha value is -1.39. The molecule has 0 amide bonds. The van der Waals surface area contributed by atoms with Gasteiger partial charge in [-0.2, -0.15) is 0 Å². The van der Waals surface area contributed by atoms with Gasteiger partial charge in [-0.15, -0.1) is 11.8 Å². The number of rotatable bonds is 5. The molecule has 2 rings (SSSR count). The van der Waals surface area contributed by atoms with Gasteiger partial charge in [0.1, 0.15) is 5.82 Å². The van der Waals surface area contributed by atoms with Gasteiger partial charge < -0.3 is 5.32 Å². The maximum absolute atomic E-state index is 13.2. The average molecular weight is 276 g/mol. The third-order valence-electron chi connectivity index (χ3n) is 2.98. The zero-order valence-corrected chi connectivity index (χ0v) is 11.9. The summed E-state index contributed by atoms with van der Waals surface area (Å²) in [6.07, 6.45) is 2.94. The largest absolute Gasteiger partial charge is 0.312 e. The first-order valence-corrected chi connectivity index (χ1v) is 7.15. The van der Waals surface area contributed by atoms with E-state index in [1.165, 1.54) is 22.7 Å². The quantitative estimate of drug-likeness (QED) is 0.845. The standard InChI is InChI=1S/C15H17FN2S/c1-11-5-3-4-6-15(11)19-10-14(17-2)12-7-13(16)9-18-8-12/h3-9,14,17H,10H2,1-2H3. The normalized spacial score (nSPS) is 12.4. The number of hydrogen-bond acceptors (Lipinski definition) is 3. The van der Waals surface area contributed by atoms with Crippen molar-refractivity contribution in [1.29, 1.82) is 0 Å². The molecule has 19 heavy (non-hydrogen) atoms. The van der Waals surface area contributed by atoms with Gasteiger partial charge in [0.2, 0.25) is 0 Å². The predicted octanol–water partition coefficient (Wildman–Crippen LogP) is 3.58. The summed E-state index contributed by atoms with van der Waals surface area (Å²) in [6.45, 7) is 2.10. The second-order valence-corrected chi connectivity index (χ2v) is 5.42. The van der Waals surface area contributed by atoms with Gasteiger partial charge in [-0.3, -0.25) is 4.98 Å². The van der Waals surface area contributed by atoms with Gasteiger partial charge in [-0.05, 0) is 37.2 Å². The van der Waals surface area contributed by atoms with Crippen molar-refractivity contribution >= 4 is 11.8 Å². The first-order valence-electron chi connectivity index (χ1n) is 6.17. The molecule has 1 atom stereocenters. The Bertz CT molecular complexity index is 545. The van der Waals surface area contributed by atoms with Crippen LogP contribution in [0.2, 0.25) is 0 Å². The lowest BCUT2D eigenvalue weighted by Gasteiger charge is -2.16. The lowest BCUT2D eigenvalue weighted by molar-refractivity contribution is 0.603. The molecule has 0 saturated heterocycles. The molecule has 1 heterocycles. The average Bonchev–Trinajstić information content (AvgIpc) is 2.41. The number of hydrogen-bond donors (Lipinski definition) is 1. The summed E-state index contributed by atoms with van der Waals surface area (Å²) < 4.78 is 13.2. The van der Waals surface area contributed by atoms with Crippen LogP contribution in [0.4, 0.5) is 4.39 Å². The number of pyridine rings is 1. The summed E-state index contributed by atoms with van der Waals surface area (Å²) >= 11 is 1.77. The van der Waals surface area contributed by atoms with Gasteiger partial charge in [0.15, 0.2) is 0 Å². The van der Waals surface area contributed by atoms with Crippen molar-refractivity contribution in [2.75, 3.05) is 12.8 Å². The molecule has 0 fully saturated rings. The van der Waals surface area contributed by atoms with E-state index in [-0.39, 0.29) is 11.9 Å². The summed E-state index contributed by atoms with van der Waals surface area (Å²) in [6, 6.07) is 9.90. The molecule has 2 nitrogen and oxygen atoms in total. The second kappa shape index (κ2) is 6.68. The number of benzene rings is 1. The molecule has 1 aromatic carbocycles. The molecule has 2 aromatic rings. The van der Waals surface area contributed by atoms with Crippen LogP contribution in [-0.2, 0) is 0 Å². The minimum Gasteiger partial charge on any atom is -0.312 e. The van der Waals surface area contributed by atoms with Crippen LogP contribution in [0.1, 0.15) is 17.2 Å². The molecule has 0 radical (unpaired) electrons. The van der Waals surface area contributed by atoms with Gasteiger partial charge in [-0.1, -0.05) is 18.2 Å². The topological polar surface area (TPSA) is 24.9 Å². The number of thioether (sulfide) groups is 1. The smallest absolute Gasteiger partial charge is 0.141 e. The third-order valence-corrected chi connectivity index (χ3v) is 4.25. The summed E-state index contributed by atoms with van der Waals surface area (Å²) in [5.41, 5.74) is 2.14. The highest BCUT2D eigenvalue weighted by atomic mass is 32.2. The number of aryl methyl sites for hydroxylation is 1. The monoisotopic (exact) mass is 276 g/mol. The molecule has 1 aromatic heterocycles. The number of nitrogens with one attached hydrogen (secondary N) is 1. The van der Waals surface area contributed by atoms with Crippen molar-refractivity contribution in [2.45, 2.75) is 17.9 Å². The van der Waals surface area contributed by atoms with Crippen molar-refractivity contribution in [1.82, 2.24) is 10.3 Å². The fourth-order valence-corrected chi connectivity index (χ4v) is 3.03. The van der Waals surface area contributed by atoms with E-state index in [0.717, 1.165) is 11.3 Å². The minimum absolute atomic E-state index is 0.0906. The van der Waals surface area contributed by atoms with Gasteiger partial charge in [0, 0.05) is 22.9 Å². The molecule has 0 spiro atoms. The molecule has 0 bridgehead atoms. The van der Waals surface area contributed by atoms with Gasteiger partial charge in [0.25, 0.3) is 0 Å². The molecular weight excluding hydrogens is 259 g/mol. The van der Waals surface area contributed by atoms with Gasteiger partial charge in [-0.25, -0.2) is 4.39 Å². The van der Waals surface area contributed by atoms with E-state index >= 15 is 0 Å². The van der Waals surface area contributed by atoms with E-state index in [9.17, 15) is 4.39 Å². The highest BCUT2D eigenvalue weighted by molar-refractivity contribution is 7.99. The fraction of sp³-hybridized carbons (Fsp3) is 0.267. The lowest BCUT2D eigenvalue weighted by Crippen LogP contribution is -2.19. The van der Waals surface area contributed by atoms with Crippen LogP contribution in [0.5, 0.6) is 0 Å². The molecule has 0 aliphatic carbocycles. The highest BCUT2D eigenvalue weighted by Crippen LogP contribution is 2.26. The van der Waals surface area contributed by atoms with Gasteiger partial charge in [0.05, 0.1) is 6.20 Å². The molecule has 0 aliphatic heterocycles.